The topological polar surface area (TPSA) is 437 Å². The number of methoxy groups -OCH3 is 2. The Morgan fingerprint density at radius 3 is 1.29 bits per heavy atom. The summed E-state index contributed by atoms with van der Waals surface area (Å²) in [5.74, 6) is -2.63. The van der Waals surface area contributed by atoms with Gasteiger partial charge in [0.1, 0.15) is 98.8 Å². The summed E-state index contributed by atoms with van der Waals surface area (Å²) in [5, 5.41) is 39.5. The summed E-state index contributed by atoms with van der Waals surface area (Å²) in [5.41, 5.74) is -2.79. The average molecular weight is 2080 g/mol. The van der Waals surface area contributed by atoms with Gasteiger partial charge in [0.2, 0.25) is 33.7 Å². The van der Waals surface area contributed by atoms with Crippen molar-refractivity contribution in [2.75, 3.05) is 43.7 Å². The number of anilines is 2. The van der Waals surface area contributed by atoms with Gasteiger partial charge in [0.05, 0.1) is 59.2 Å². The molecule has 6 aliphatic carbocycles. The molecule has 0 bridgehead atoms. The number of alkyl carbamates (subject to hydrolysis) is 2. The van der Waals surface area contributed by atoms with Crippen molar-refractivity contribution >= 4 is 131 Å². The van der Waals surface area contributed by atoms with E-state index in [1.165, 1.54) is 51.4 Å². The van der Waals surface area contributed by atoms with Crippen molar-refractivity contribution in [2.24, 2.45) is 39.6 Å². The normalized spacial score (nSPS) is 22.9. The van der Waals surface area contributed by atoms with Crippen molar-refractivity contribution in [1.82, 2.24) is 51.0 Å². The number of hydrogen-bond donors (Lipinski definition) is 8. The molecule has 32 nitrogen and oxygen atoms in total. The second-order valence-corrected chi connectivity index (χ2v) is 46.1. The van der Waals surface area contributed by atoms with E-state index >= 15 is 0 Å². The fourth-order valence-corrected chi connectivity index (χ4v) is 21.4. The number of nitrogens with one attached hydrogen (secondary N) is 6. The second kappa shape index (κ2) is 39.3. The molecule has 6 heterocycles. The van der Waals surface area contributed by atoms with Crippen LogP contribution in [-0.4, -0.2) is 222 Å². The molecule has 10 atom stereocenters. The van der Waals surface area contributed by atoms with E-state index in [9.17, 15) is 60.3 Å². The fourth-order valence-electron chi connectivity index (χ4n) is 16.5. The van der Waals surface area contributed by atoms with Gasteiger partial charge in [-0.2, -0.15) is 0 Å². The average Bonchev–Trinajstić information content (AvgIpc) is 1.55. The number of ether oxygens (including phenoxy) is 6. The summed E-state index contributed by atoms with van der Waals surface area (Å²) in [6.07, 6.45) is 8.96. The molecule has 2 saturated heterocycles. The number of ketones is 1. The van der Waals surface area contributed by atoms with Gasteiger partial charge < -0.3 is 75.2 Å². The summed E-state index contributed by atoms with van der Waals surface area (Å²) < 4.78 is 89.1. The SMILES string of the molecule is C=C[C@@H]1C[C@]1(NC(=O)[C@@H]1C[C@@H](Oc2cc(-c3csc(NC(C)C)n3)nc3cc(OC)ccc23)CN1C(=O)[C@@H](NC(=O)OC(C)(C)C)C(C)(C)C)C(=O)CS(=O)(=O)C1(CC2CC2)CC1.C=C[C@@H]1C[C@]1(NC(=O)[C@@H]1C[C@@H](Oc2cc(-c3csc(NC(C)C)n3)nc3cc(OC)ccc23)CN1C(=O)[C@@H](NC(=O)OC(C)(C)C)C(C)(C)C)C(=O)O.NS(=O)(=O)C1(CC2CC2)CC1.[2H][B].[U]. The third-order valence-electron chi connectivity index (χ3n) is 24.2. The van der Waals surface area contributed by atoms with E-state index in [1.54, 1.807) is 140 Å². The first-order chi connectivity index (χ1) is 60.2. The van der Waals surface area contributed by atoms with Crippen molar-refractivity contribution in [3.05, 3.63) is 84.6 Å². The molecule has 2 radical (unpaired) electrons. The standard InChI is InChI=1S/C46H62N6O9S2.C38H50N6O8S.C7H13NO2S.BH.U/c1-11-28-22-46(28,37(53)25-63(57,58)45(16-17-45)21-27-12-13-27)51-39(54)35-19-30(23-52(35)40(55)38(43(4,5)6)50-42(56)61-44(7,8)9)60-36-20-33(34-24-62-41(49-34)47-26(2)3)48-32-18-29(59-10)14-15-31(32)36;1-11-21-17-38(21,33(47)48)43-31(45)28-15-23(18-44(28)32(46)30(36(4,5)6)42-35(49)52-37(7,8)9)51-29-16-26(27-19-53-34(41-27)39-20(2)3)40-25-14-22(50-10)12-13-24(25)29;8-11(9,10)7(3-4-7)5-6-1-2-6;;/h11,14-15,18,20,24,26-28,30,35,38H,1,12-13,16-17,19,21-23,25H2,2-10H3,(H,47,49)(H,50,56)(H,51,54);11-14,16,19-21,23,28,30H,1,15,17-18H2,2-10H3,(H,39,41)(H,42,49)(H,43,45)(H,47,48);6H,1-5H2,(H2,8,9,10);1H;/t28-,30-,35+,38-,46-;21-,23-,28+,30-,38-;;;/m11.../s1/i;;;1D;. The van der Waals surface area contributed by atoms with Gasteiger partial charge in [-0.25, -0.2) is 56.3 Å². The van der Waals surface area contributed by atoms with E-state index in [0.717, 1.165) is 42.4 Å². The third-order valence-corrected chi connectivity index (χ3v) is 30.1. The molecule has 8 aliphatic rings. The summed E-state index contributed by atoms with van der Waals surface area (Å²) >= 11 is 2.90. The van der Waals surface area contributed by atoms with Gasteiger partial charge in [0, 0.05) is 122 Å². The number of likely N-dealkylation sites (tertiary alicyclic amines) is 2. The number of nitrogens with zero attached hydrogens (tertiary/aromatic N) is 6. The molecule has 129 heavy (non-hydrogen) atoms. The number of hydrogen-bond acceptors (Lipinski definition) is 26. The van der Waals surface area contributed by atoms with Crippen LogP contribution in [0, 0.1) is 65.6 Å². The molecule has 6 aromatic rings. The minimum atomic E-state index is -3.79. The second-order valence-electron chi connectivity index (χ2n) is 40.0. The third kappa shape index (κ3) is 24.6. The molecule has 700 valence electrons. The van der Waals surface area contributed by atoms with E-state index in [4.69, 9.17) is 54.8 Å². The number of carboxylic acids is 1. The molecule has 6 amide bonds. The Morgan fingerprint density at radius 1 is 0.589 bits per heavy atom. The van der Waals surface area contributed by atoms with Crippen molar-refractivity contribution in [2.45, 2.75) is 281 Å². The number of rotatable bonds is 32. The van der Waals surface area contributed by atoms with Gasteiger partial charge in [-0.1, -0.05) is 79.4 Å². The Bertz CT molecular complexity index is 5460. The number of primary sulfonamides is 1. The zero-order chi connectivity index (χ0) is 95.0. The van der Waals surface area contributed by atoms with Gasteiger partial charge in [-0.05, 0) is 169 Å². The van der Waals surface area contributed by atoms with Gasteiger partial charge in [0.15, 0.2) is 25.9 Å². The zero-order valence-corrected chi connectivity index (χ0v) is 84.5. The number of amides is 6. The van der Waals surface area contributed by atoms with Crippen LogP contribution in [0.4, 0.5) is 19.9 Å². The molecule has 38 heteroatoms. The summed E-state index contributed by atoms with van der Waals surface area (Å²) in [6, 6.07) is 10.2. The monoisotopic (exact) mass is 2080 g/mol. The summed E-state index contributed by atoms with van der Waals surface area (Å²) in [6.45, 7) is 36.7. The van der Waals surface area contributed by atoms with E-state index < -0.39 is 164 Å². The van der Waals surface area contributed by atoms with Crippen LogP contribution < -0.4 is 56.0 Å². The maximum Gasteiger partial charge on any atom is 0.408 e. The Balaban J connectivity index is 0.000000237. The number of Topliss-reactive ketones (excluding diaryl/α,β-unsaturated/α-hetero) is 1. The van der Waals surface area contributed by atoms with Crippen molar-refractivity contribution in [3.63, 3.8) is 0 Å². The number of carbonyl (C=O) groups is 8. The number of carboxylic acid groups (broad SMARTS) is 1. The molecule has 4 aromatic heterocycles. The zero-order valence-electron chi connectivity index (χ0n) is 78.1. The number of carbonyl (C=O) groups excluding carboxylic acids is 7. The first kappa shape index (κ1) is 101. The molecule has 2 aliphatic heterocycles. The maximum atomic E-state index is 14.9. The smallest absolute Gasteiger partial charge is 0.408 e. The Morgan fingerprint density at radius 2 is 0.969 bits per heavy atom. The van der Waals surface area contributed by atoms with Crippen molar-refractivity contribution in [3.8, 4) is 45.8 Å². The number of fused-ring (bicyclic) bond motifs is 2. The predicted molar refractivity (Wildman–Crippen MR) is 494 cm³/mol. The van der Waals surface area contributed by atoms with Gasteiger partial charge >= 0.3 is 18.2 Å². The Kier molecular flexibility index (Phi) is 30.7. The molecule has 14 rings (SSSR count). The van der Waals surface area contributed by atoms with Crippen LogP contribution in [-0.2, 0) is 58.1 Å². The number of benzene rings is 2. The van der Waals surface area contributed by atoms with Crippen LogP contribution in [0.5, 0.6) is 23.0 Å². The summed E-state index contributed by atoms with van der Waals surface area (Å²) in [7, 11) is -0.156. The van der Waals surface area contributed by atoms with Crippen LogP contribution in [0.15, 0.2) is 84.6 Å². The number of thiazole rings is 2. The van der Waals surface area contributed by atoms with E-state index in [-0.39, 0.29) is 82.0 Å². The summed E-state index contributed by atoms with van der Waals surface area (Å²) in [4.78, 5) is 133. The molecule has 8 fully saturated rings. The van der Waals surface area contributed by atoms with Gasteiger partial charge in [-0.3, -0.25) is 24.0 Å². The van der Waals surface area contributed by atoms with Gasteiger partial charge in [-0.15, -0.1) is 35.8 Å². The number of nitrogens with two attached hydrogens (primary N) is 1. The van der Waals surface area contributed by atoms with Crippen LogP contribution in [0.25, 0.3) is 44.6 Å². The van der Waals surface area contributed by atoms with Crippen LogP contribution in [0.3, 0.4) is 0 Å². The number of aromatic nitrogens is 4. The largest absolute Gasteiger partial charge is 0.497 e. The van der Waals surface area contributed by atoms with Crippen molar-refractivity contribution < 1.29 is 120 Å². The fraction of sp³-hybridized carbons (Fsp3) is 0.604. The maximum absolute atomic E-state index is 14.9. The molecule has 6 saturated carbocycles. The first-order valence-corrected chi connectivity index (χ1v) is 48.5. The minimum absolute atomic E-state index is 0. The van der Waals surface area contributed by atoms with E-state index in [2.05, 4.69) is 53.4 Å². The number of sulfone groups is 1. The molecule has 0 unspecified atom stereocenters. The van der Waals surface area contributed by atoms with Crippen LogP contribution in [0.2, 0.25) is 0 Å². The number of pyridine rings is 2. The molecular formula is C91H126BN13O19S4U. The molecule has 0 spiro atoms. The molecular weight excluding hydrogens is 1960 g/mol. The van der Waals surface area contributed by atoms with Gasteiger partial charge in [0.25, 0.3) is 0 Å². The molecule has 9 N–H and O–H groups in total. The van der Waals surface area contributed by atoms with E-state index in [0.29, 0.717) is 98.7 Å². The number of sulfonamides is 1. The Hall–Kier alpha value is -8.66. The first-order valence-electron chi connectivity index (χ1n) is 44.1. The Labute approximate surface area is 791 Å². The van der Waals surface area contributed by atoms with E-state index in [1.807, 2.05) is 50.6 Å². The number of aliphatic carboxylic acids is 1. The minimum Gasteiger partial charge on any atom is -0.497 e. The van der Waals surface area contributed by atoms with Crippen molar-refractivity contribution in [1.29, 1.82) is 1.34 Å². The quantitative estimate of drug-likeness (QED) is 0.0144. The predicted octanol–water partition coefficient (Wildman–Crippen LogP) is 12.4. The van der Waals surface area contributed by atoms with Crippen LogP contribution >= 0.6 is 22.7 Å². The van der Waals surface area contributed by atoms with Crippen LogP contribution in [0.1, 0.15) is 201 Å². The molecule has 2 aromatic carbocycles.